The van der Waals surface area contributed by atoms with E-state index in [4.69, 9.17) is 4.84 Å². The summed E-state index contributed by atoms with van der Waals surface area (Å²) >= 11 is 0. The number of fused-ring (bicyclic) bond motifs is 1. The third-order valence-electron chi connectivity index (χ3n) is 5.04. The molecule has 2 aromatic rings. The maximum atomic E-state index is 13.9. The van der Waals surface area contributed by atoms with Gasteiger partial charge < -0.3 is 4.84 Å². The largest absolute Gasteiger partial charge is 0.337 e. The lowest BCUT2D eigenvalue weighted by Crippen LogP contribution is -2.32. The van der Waals surface area contributed by atoms with E-state index in [9.17, 15) is 23.0 Å². The predicted octanol–water partition coefficient (Wildman–Crippen LogP) is 3.50. The van der Waals surface area contributed by atoms with Crippen LogP contribution in [-0.2, 0) is 30.0 Å². The molecule has 0 radical (unpaired) electrons. The minimum absolute atomic E-state index is 0.0140. The highest BCUT2D eigenvalue weighted by molar-refractivity contribution is 7.84. The van der Waals surface area contributed by atoms with Crippen LogP contribution in [0.1, 0.15) is 36.0 Å². The van der Waals surface area contributed by atoms with Crippen molar-refractivity contribution in [1.82, 2.24) is 5.06 Å². The Balaban J connectivity index is 1.61. The summed E-state index contributed by atoms with van der Waals surface area (Å²) in [5.74, 6) is -2.33. The number of hydroxylamine groups is 2. The molecule has 0 saturated carbocycles. The summed E-state index contributed by atoms with van der Waals surface area (Å²) in [6.07, 6.45) is 5.04. The molecule has 1 saturated heterocycles. The third-order valence-corrected chi connectivity index (χ3v) is 5.97. The van der Waals surface area contributed by atoms with E-state index in [1.807, 2.05) is 18.2 Å². The molecular formula is C23H18FNO5S. The zero-order chi connectivity index (χ0) is 22.1. The molecule has 0 aromatic heterocycles. The Bertz CT molecular complexity index is 1170. The Morgan fingerprint density at radius 2 is 1.77 bits per heavy atom. The molecule has 0 N–H and O–H groups in total. The highest BCUT2D eigenvalue weighted by atomic mass is 32.2. The molecule has 158 valence electrons. The molecule has 1 atom stereocenters. The fraction of sp³-hybridized carbons (Fsp3) is 0.174. The molecule has 1 fully saturated rings. The quantitative estimate of drug-likeness (QED) is 0.666. The van der Waals surface area contributed by atoms with Gasteiger partial charge in [0.25, 0.3) is 11.8 Å². The Morgan fingerprint density at radius 1 is 1.10 bits per heavy atom. The topological polar surface area (TPSA) is 80.8 Å². The Kier molecular flexibility index (Phi) is 5.65. The van der Waals surface area contributed by atoms with Crippen molar-refractivity contribution in [2.24, 2.45) is 0 Å². The summed E-state index contributed by atoms with van der Waals surface area (Å²) in [7, 11) is -1.08. The number of hydrogen-bond acceptors (Lipinski definition) is 5. The van der Waals surface area contributed by atoms with Gasteiger partial charge in [0.05, 0.1) is 6.42 Å². The Labute approximate surface area is 180 Å². The van der Waals surface area contributed by atoms with E-state index >= 15 is 0 Å². The molecule has 0 spiro atoms. The van der Waals surface area contributed by atoms with Crippen LogP contribution in [0.4, 0.5) is 4.39 Å². The average Bonchev–Trinajstić information content (AvgIpc) is 3.22. The van der Waals surface area contributed by atoms with Gasteiger partial charge in [0, 0.05) is 34.8 Å². The monoisotopic (exact) mass is 439 g/mol. The van der Waals surface area contributed by atoms with Crippen molar-refractivity contribution in [3.63, 3.8) is 0 Å². The van der Waals surface area contributed by atoms with E-state index in [2.05, 4.69) is 0 Å². The number of rotatable bonds is 5. The first kappa shape index (κ1) is 20.9. The number of benzene rings is 2. The van der Waals surface area contributed by atoms with Gasteiger partial charge in [-0.05, 0) is 64.3 Å². The number of carbonyl (C=O) groups excluding carboxylic acids is 3. The smallest absolute Gasteiger partial charge is 0.330 e. The molecule has 1 aliphatic heterocycles. The second kappa shape index (κ2) is 8.39. The van der Waals surface area contributed by atoms with Crippen molar-refractivity contribution in [1.29, 1.82) is 0 Å². The number of amides is 2. The molecule has 8 heteroatoms. The fourth-order valence-electron chi connectivity index (χ4n) is 3.53. The van der Waals surface area contributed by atoms with Gasteiger partial charge in [-0.2, -0.15) is 0 Å². The molecule has 2 aromatic carbocycles. The van der Waals surface area contributed by atoms with Gasteiger partial charge in [-0.1, -0.05) is 18.2 Å². The number of nitrogens with zero attached hydrogens (tertiary/aromatic N) is 1. The molecule has 2 aliphatic rings. The molecule has 6 nitrogen and oxygen atoms in total. The number of imide groups is 1. The van der Waals surface area contributed by atoms with E-state index in [-0.39, 0.29) is 19.3 Å². The maximum Gasteiger partial charge on any atom is 0.337 e. The van der Waals surface area contributed by atoms with Crippen LogP contribution >= 0.6 is 0 Å². The van der Waals surface area contributed by atoms with Crippen molar-refractivity contribution in [3.05, 3.63) is 71.0 Å². The van der Waals surface area contributed by atoms with Crippen molar-refractivity contribution in [2.75, 3.05) is 6.26 Å². The average molecular weight is 439 g/mol. The lowest BCUT2D eigenvalue weighted by atomic mass is 10.0. The molecule has 31 heavy (non-hydrogen) atoms. The van der Waals surface area contributed by atoms with E-state index in [1.165, 1.54) is 12.1 Å². The normalized spacial score (nSPS) is 17.7. The lowest BCUT2D eigenvalue weighted by Gasteiger charge is -2.13. The van der Waals surface area contributed by atoms with E-state index in [1.54, 1.807) is 30.5 Å². The van der Waals surface area contributed by atoms with Crippen LogP contribution in [0.2, 0.25) is 0 Å². The molecule has 4 rings (SSSR count). The van der Waals surface area contributed by atoms with Crippen LogP contribution in [0.3, 0.4) is 0 Å². The minimum Gasteiger partial charge on any atom is -0.330 e. The van der Waals surface area contributed by atoms with Crippen molar-refractivity contribution in [2.45, 2.75) is 24.2 Å². The Hall–Kier alpha value is -3.39. The summed E-state index contributed by atoms with van der Waals surface area (Å²) in [6, 6.07) is 11.5. The SMILES string of the molecule is C[S@@](=O)c1ccc(/C=C2/C=C(CC(=O)ON3C(=O)CCC3=O)c3cc(F)ccc32)cc1. The standard InChI is InChI=1S/C23H18FNO5S/c1-31(29)18-5-2-14(3-6-18)10-15-11-16(20-13-17(24)4-7-19(15)20)12-23(28)30-25-21(26)8-9-22(25)27/h2-7,10-11,13H,8-9,12H2,1H3/b15-10-/t31-/m1/s1. The van der Waals surface area contributed by atoms with Gasteiger partial charge in [-0.15, -0.1) is 5.06 Å². The van der Waals surface area contributed by atoms with Crippen LogP contribution in [0.5, 0.6) is 0 Å². The van der Waals surface area contributed by atoms with Crippen molar-refractivity contribution >= 4 is 45.8 Å². The molecule has 2 amide bonds. The molecule has 1 aliphatic carbocycles. The fourth-order valence-corrected chi connectivity index (χ4v) is 4.04. The first-order chi connectivity index (χ1) is 14.8. The van der Waals surface area contributed by atoms with Gasteiger partial charge in [0.2, 0.25) is 0 Å². The maximum absolute atomic E-state index is 13.9. The minimum atomic E-state index is -1.08. The van der Waals surface area contributed by atoms with Crippen molar-refractivity contribution < 1.29 is 27.8 Å². The number of allylic oxidation sites excluding steroid dienone is 2. The van der Waals surface area contributed by atoms with E-state index in [0.29, 0.717) is 21.1 Å². The second-order valence-corrected chi connectivity index (χ2v) is 8.58. The molecule has 0 bridgehead atoms. The molecular weight excluding hydrogens is 421 g/mol. The number of halogens is 1. The summed E-state index contributed by atoms with van der Waals surface area (Å²) < 4.78 is 25.5. The third kappa shape index (κ3) is 4.39. The van der Waals surface area contributed by atoms with Gasteiger partial charge in [0.1, 0.15) is 5.82 Å². The summed E-state index contributed by atoms with van der Waals surface area (Å²) in [4.78, 5) is 41.3. The number of carbonyl (C=O) groups is 3. The van der Waals surface area contributed by atoms with Crippen LogP contribution in [0.25, 0.3) is 17.2 Å². The highest BCUT2D eigenvalue weighted by Gasteiger charge is 2.33. The predicted molar refractivity (Wildman–Crippen MR) is 113 cm³/mol. The molecule has 1 heterocycles. The second-order valence-electron chi connectivity index (χ2n) is 7.20. The first-order valence-electron chi connectivity index (χ1n) is 9.54. The van der Waals surface area contributed by atoms with E-state index in [0.717, 1.165) is 16.7 Å². The number of hydrogen-bond donors (Lipinski definition) is 0. The summed E-state index contributed by atoms with van der Waals surface area (Å²) in [6.45, 7) is 0. The van der Waals surface area contributed by atoms with Crippen LogP contribution in [-0.4, -0.2) is 33.3 Å². The van der Waals surface area contributed by atoms with Gasteiger partial charge in [-0.3, -0.25) is 13.8 Å². The summed E-state index contributed by atoms with van der Waals surface area (Å²) in [5.41, 5.74) is 3.45. The van der Waals surface area contributed by atoms with Gasteiger partial charge in [0.15, 0.2) is 0 Å². The lowest BCUT2D eigenvalue weighted by molar-refractivity contribution is -0.196. The Morgan fingerprint density at radius 3 is 2.42 bits per heavy atom. The van der Waals surface area contributed by atoms with Gasteiger partial charge >= 0.3 is 5.97 Å². The summed E-state index contributed by atoms with van der Waals surface area (Å²) in [5, 5.41) is 0.500. The van der Waals surface area contributed by atoms with Gasteiger partial charge in [-0.25, -0.2) is 9.18 Å². The van der Waals surface area contributed by atoms with E-state index < -0.39 is 34.4 Å². The first-order valence-corrected chi connectivity index (χ1v) is 11.1. The van der Waals surface area contributed by atoms with Crippen LogP contribution in [0, 0.1) is 5.82 Å². The zero-order valence-corrected chi connectivity index (χ0v) is 17.4. The molecule has 0 unspecified atom stereocenters. The van der Waals surface area contributed by atoms with Crippen LogP contribution < -0.4 is 0 Å². The van der Waals surface area contributed by atoms with Crippen molar-refractivity contribution in [3.8, 4) is 0 Å². The van der Waals surface area contributed by atoms with Crippen LogP contribution in [0.15, 0.2) is 53.4 Å². The zero-order valence-electron chi connectivity index (χ0n) is 16.6. The highest BCUT2D eigenvalue weighted by Crippen LogP contribution is 2.38.